The summed E-state index contributed by atoms with van der Waals surface area (Å²) in [5.41, 5.74) is 1.16. The molecule has 0 aromatic heterocycles. The number of nitrogens with zero attached hydrogens (tertiary/aromatic N) is 1. The molecule has 0 fully saturated rings. The van der Waals surface area contributed by atoms with Crippen molar-refractivity contribution in [2.45, 2.75) is 19.4 Å². The molecule has 3 amide bonds. The molecular formula is C19H27N3O3. The van der Waals surface area contributed by atoms with Crippen LogP contribution in [0.4, 0.5) is 10.5 Å². The van der Waals surface area contributed by atoms with Gasteiger partial charge in [0.2, 0.25) is 0 Å². The first-order valence-corrected chi connectivity index (χ1v) is 8.19. The van der Waals surface area contributed by atoms with E-state index in [2.05, 4.69) is 23.8 Å². The maximum atomic E-state index is 12.4. The fraction of sp³-hybridized carbons (Fsp3) is 0.368. The van der Waals surface area contributed by atoms with Crippen LogP contribution in [0.2, 0.25) is 0 Å². The number of nitrogens with one attached hydrogen (secondary N) is 2. The van der Waals surface area contributed by atoms with Gasteiger partial charge in [-0.25, -0.2) is 4.79 Å². The minimum Gasteiger partial charge on any atom is -0.385 e. The SMILES string of the molecule is C=CCN(CC=C)C(=O)c1ccc(NC(=O)N[C@H](C)CCOC)cc1. The summed E-state index contributed by atoms with van der Waals surface area (Å²) in [5, 5.41) is 5.57. The van der Waals surface area contributed by atoms with Gasteiger partial charge in [0.1, 0.15) is 0 Å². The van der Waals surface area contributed by atoms with E-state index in [0.717, 1.165) is 6.42 Å². The standard InChI is InChI=1S/C19H27N3O3/c1-5-12-22(13-6-2)18(23)16-7-9-17(10-8-16)21-19(24)20-15(3)11-14-25-4/h5-10,15H,1-2,11-14H2,3-4H3,(H2,20,21,24)/t15-/m1/s1. The van der Waals surface area contributed by atoms with Crippen LogP contribution < -0.4 is 10.6 Å². The zero-order chi connectivity index (χ0) is 18.7. The number of carbonyl (C=O) groups is 2. The predicted molar refractivity (Wildman–Crippen MR) is 101 cm³/mol. The Labute approximate surface area is 149 Å². The molecule has 6 nitrogen and oxygen atoms in total. The number of rotatable bonds is 10. The van der Waals surface area contributed by atoms with Crippen molar-refractivity contribution >= 4 is 17.6 Å². The highest BCUT2D eigenvalue weighted by Crippen LogP contribution is 2.12. The molecule has 2 N–H and O–H groups in total. The third kappa shape index (κ3) is 7.22. The van der Waals surface area contributed by atoms with E-state index in [1.54, 1.807) is 48.4 Å². The van der Waals surface area contributed by atoms with E-state index in [-0.39, 0.29) is 18.0 Å². The normalized spacial score (nSPS) is 11.3. The Morgan fingerprint density at radius 1 is 1.20 bits per heavy atom. The smallest absolute Gasteiger partial charge is 0.319 e. The zero-order valence-corrected chi connectivity index (χ0v) is 15.0. The minimum absolute atomic E-state index is 0.00664. The lowest BCUT2D eigenvalue weighted by atomic mass is 10.1. The highest BCUT2D eigenvalue weighted by molar-refractivity contribution is 5.95. The molecule has 0 saturated carbocycles. The number of amides is 3. The molecule has 0 bridgehead atoms. The van der Waals surface area contributed by atoms with Crippen molar-refractivity contribution in [3.63, 3.8) is 0 Å². The molecule has 0 aliphatic rings. The maximum Gasteiger partial charge on any atom is 0.319 e. The number of anilines is 1. The average molecular weight is 345 g/mol. The second kappa shape index (κ2) is 11.0. The first-order valence-electron chi connectivity index (χ1n) is 8.19. The molecule has 0 heterocycles. The number of hydrogen-bond acceptors (Lipinski definition) is 3. The Balaban J connectivity index is 2.63. The number of hydrogen-bond donors (Lipinski definition) is 2. The van der Waals surface area contributed by atoms with E-state index in [1.165, 1.54) is 0 Å². The lowest BCUT2D eigenvalue weighted by Crippen LogP contribution is -2.36. The molecule has 0 aliphatic carbocycles. The highest BCUT2D eigenvalue weighted by atomic mass is 16.5. The van der Waals surface area contributed by atoms with E-state index >= 15 is 0 Å². The summed E-state index contributed by atoms with van der Waals surface area (Å²) in [6, 6.07) is 6.49. The van der Waals surface area contributed by atoms with Gasteiger partial charge in [0.25, 0.3) is 5.91 Å². The molecule has 1 aromatic rings. The van der Waals surface area contributed by atoms with Crippen LogP contribution in [0, 0.1) is 0 Å². The molecule has 0 unspecified atom stereocenters. The van der Waals surface area contributed by atoms with Gasteiger partial charge in [-0.1, -0.05) is 12.2 Å². The third-order valence-electron chi connectivity index (χ3n) is 3.51. The number of urea groups is 1. The fourth-order valence-corrected chi connectivity index (χ4v) is 2.19. The monoisotopic (exact) mass is 345 g/mol. The van der Waals surface area contributed by atoms with Crippen LogP contribution in [0.1, 0.15) is 23.7 Å². The highest BCUT2D eigenvalue weighted by Gasteiger charge is 2.13. The summed E-state index contributed by atoms with van der Waals surface area (Å²) in [6.07, 6.45) is 4.08. The van der Waals surface area contributed by atoms with Crippen molar-refractivity contribution in [2.24, 2.45) is 0 Å². The Morgan fingerprint density at radius 3 is 2.32 bits per heavy atom. The van der Waals surface area contributed by atoms with Gasteiger partial charge in [-0.3, -0.25) is 4.79 Å². The third-order valence-corrected chi connectivity index (χ3v) is 3.51. The molecular weight excluding hydrogens is 318 g/mol. The Bertz CT molecular complexity index is 574. The molecule has 6 heteroatoms. The quantitative estimate of drug-likeness (QED) is 0.640. The van der Waals surface area contributed by atoms with Crippen molar-refractivity contribution in [1.29, 1.82) is 0 Å². The van der Waals surface area contributed by atoms with Gasteiger partial charge in [-0.15, -0.1) is 13.2 Å². The summed E-state index contributed by atoms with van der Waals surface area (Å²) >= 11 is 0. The summed E-state index contributed by atoms with van der Waals surface area (Å²) in [6.45, 7) is 10.7. The van der Waals surface area contributed by atoms with Crippen LogP contribution in [0.3, 0.4) is 0 Å². The van der Waals surface area contributed by atoms with Gasteiger partial charge in [0.15, 0.2) is 0 Å². The molecule has 0 spiro atoms. The molecule has 1 aromatic carbocycles. The molecule has 136 valence electrons. The fourth-order valence-electron chi connectivity index (χ4n) is 2.19. The number of ether oxygens (including phenoxy) is 1. The van der Waals surface area contributed by atoms with Crippen LogP contribution >= 0.6 is 0 Å². The van der Waals surface area contributed by atoms with Gasteiger partial charge < -0.3 is 20.3 Å². The summed E-state index contributed by atoms with van der Waals surface area (Å²) in [7, 11) is 1.63. The summed E-state index contributed by atoms with van der Waals surface area (Å²) in [4.78, 5) is 26.0. The summed E-state index contributed by atoms with van der Waals surface area (Å²) < 4.78 is 4.98. The molecule has 1 atom stereocenters. The van der Waals surface area contributed by atoms with Gasteiger partial charge in [0.05, 0.1) is 0 Å². The largest absolute Gasteiger partial charge is 0.385 e. The topological polar surface area (TPSA) is 70.7 Å². The maximum absolute atomic E-state index is 12.4. The number of benzene rings is 1. The van der Waals surface area contributed by atoms with E-state index in [0.29, 0.717) is 30.9 Å². The Morgan fingerprint density at radius 2 is 1.80 bits per heavy atom. The molecule has 1 rings (SSSR count). The van der Waals surface area contributed by atoms with Crippen molar-refractivity contribution in [1.82, 2.24) is 10.2 Å². The minimum atomic E-state index is -0.289. The second-order valence-electron chi connectivity index (χ2n) is 5.65. The van der Waals surface area contributed by atoms with Gasteiger partial charge in [-0.2, -0.15) is 0 Å². The zero-order valence-electron chi connectivity index (χ0n) is 15.0. The van der Waals surface area contributed by atoms with E-state index in [9.17, 15) is 9.59 Å². The van der Waals surface area contributed by atoms with E-state index < -0.39 is 0 Å². The van der Waals surface area contributed by atoms with Crippen molar-refractivity contribution in [2.75, 3.05) is 32.1 Å². The molecule has 0 saturated heterocycles. The van der Waals surface area contributed by atoms with Crippen LogP contribution in [0.5, 0.6) is 0 Å². The van der Waals surface area contributed by atoms with Crippen LogP contribution in [-0.2, 0) is 4.74 Å². The van der Waals surface area contributed by atoms with Crippen molar-refractivity contribution in [3.05, 3.63) is 55.1 Å². The number of carbonyl (C=O) groups excluding carboxylic acids is 2. The molecule has 0 radical (unpaired) electrons. The van der Waals surface area contributed by atoms with E-state index in [1.807, 2.05) is 6.92 Å². The number of methoxy groups -OCH3 is 1. The molecule has 0 aliphatic heterocycles. The van der Waals surface area contributed by atoms with Gasteiger partial charge >= 0.3 is 6.03 Å². The van der Waals surface area contributed by atoms with E-state index in [4.69, 9.17) is 4.74 Å². The van der Waals surface area contributed by atoms with Crippen LogP contribution in [0.25, 0.3) is 0 Å². The second-order valence-corrected chi connectivity index (χ2v) is 5.65. The lowest BCUT2D eigenvalue weighted by molar-refractivity contribution is 0.0791. The first-order chi connectivity index (χ1) is 12.0. The van der Waals surface area contributed by atoms with Crippen molar-refractivity contribution < 1.29 is 14.3 Å². The lowest BCUT2D eigenvalue weighted by Gasteiger charge is -2.19. The van der Waals surface area contributed by atoms with Gasteiger partial charge in [-0.05, 0) is 37.6 Å². The van der Waals surface area contributed by atoms with Crippen LogP contribution in [0.15, 0.2) is 49.6 Å². The Hall–Kier alpha value is -2.60. The van der Waals surface area contributed by atoms with Crippen molar-refractivity contribution in [3.8, 4) is 0 Å². The first kappa shape index (κ1) is 20.4. The molecule has 25 heavy (non-hydrogen) atoms. The predicted octanol–water partition coefficient (Wildman–Crippen LogP) is 3.05. The average Bonchev–Trinajstić information content (AvgIpc) is 2.59. The van der Waals surface area contributed by atoms with Crippen LogP contribution in [-0.4, -0.2) is 49.7 Å². The summed E-state index contributed by atoms with van der Waals surface area (Å²) in [5.74, 6) is -0.107. The Kier molecular flexibility index (Phi) is 9.03. The van der Waals surface area contributed by atoms with Gasteiger partial charge in [0, 0.05) is 44.1 Å².